The number of benzene rings is 1. The summed E-state index contributed by atoms with van der Waals surface area (Å²) in [6.45, 7) is 3.14. The third-order valence-electron chi connectivity index (χ3n) is 4.02. The van der Waals surface area contributed by atoms with Gasteiger partial charge in [0.25, 0.3) is 0 Å². The van der Waals surface area contributed by atoms with Crippen LogP contribution in [-0.4, -0.2) is 26.8 Å². The molecule has 0 radical (unpaired) electrons. The normalized spacial score (nSPS) is 15.7. The molecule has 0 aromatic heterocycles. The maximum absolute atomic E-state index is 5.48. The van der Waals surface area contributed by atoms with Gasteiger partial charge in [0, 0.05) is 12.1 Å². The van der Waals surface area contributed by atoms with E-state index >= 15 is 0 Å². The van der Waals surface area contributed by atoms with Crippen LogP contribution in [0.4, 0.5) is 0 Å². The Kier molecular flexibility index (Phi) is 5.08. The fourth-order valence-electron chi connectivity index (χ4n) is 2.90. The molecule has 1 fully saturated rings. The van der Waals surface area contributed by atoms with Crippen molar-refractivity contribution in [1.29, 1.82) is 0 Å². The Labute approximate surface area is 116 Å². The molecule has 106 valence electrons. The minimum Gasteiger partial charge on any atom is -0.497 e. The predicted molar refractivity (Wildman–Crippen MR) is 78.2 cm³/mol. The number of methoxy groups -OCH3 is 2. The van der Waals surface area contributed by atoms with Crippen LogP contribution in [0.2, 0.25) is 0 Å². The maximum Gasteiger partial charge on any atom is 0.126 e. The lowest BCUT2D eigenvalue weighted by Crippen LogP contribution is -2.28. The summed E-state index contributed by atoms with van der Waals surface area (Å²) in [4.78, 5) is 0. The van der Waals surface area contributed by atoms with E-state index in [9.17, 15) is 0 Å². The number of aryl methyl sites for hydroxylation is 1. The number of ether oxygens (including phenoxy) is 2. The van der Waals surface area contributed by atoms with Gasteiger partial charge in [-0.1, -0.05) is 12.8 Å². The molecule has 0 unspecified atom stereocenters. The fraction of sp³-hybridized carbons (Fsp3) is 0.625. The first kappa shape index (κ1) is 14.2. The van der Waals surface area contributed by atoms with Crippen molar-refractivity contribution < 1.29 is 9.47 Å². The van der Waals surface area contributed by atoms with E-state index in [0.29, 0.717) is 0 Å². The third-order valence-corrected chi connectivity index (χ3v) is 4.02. The zero-order valence-electron chi connectivity index (χ0n) is 12.3. The highest BCUT2D eigenvalue weighted by molar-refractivity contribution is 5.46. The van der Waals surface area contributed by atoms with Gasteiger partial charge in [-0.25, -0.2) is 0 Å². The van der Waals surface area contributed by atoms with Crippen molar-refractivity contribution in [2.45, 2.75) is 45.1 Å². The molecule has 1 aliphatic carbocycles. The van der Waals surface area contributed by atoms with Gasteiger partial charge in [0.1, 0.15) is 11.5 Å². The van der Waals surface area contributed by atoms with E-state index < -0.39 is 0 Å². The van der Waals surface area contributed by atoms with E-state index in [1.54, 1.807) is 14.2 Å². The lowest BCUT2D eigenvalue weighted by molar-refractivity contribution is 0.389. The number of hydrogen-bond donors (Lipinski definition) is 1. The van der Waals surface area contributed by atoms with E-state index in [4.69, 9.17) is 9.47 Å². The van der Waals surface area contributed by atoms with Crippen LogP contribution < -0.4 is 14.8 Å². The van der Waals surface area contributed by atoms with Crippen LogP contribution in [0.25, 0.3) is 0 Å². The van der Waals surface area contributed by atoms with Gasteiger partial charge >= 0.3 is 0 Å². The fourth-order valence-corrected chi connectivity index (χ4v) is 2.90. The summed E-state index contributed by atoms with van der Waals surface area (Å²) in [5.41, 5.74) is 2.53. The van der Waals surface area contributed by atoms with Crippen LogP contribution in [0, 0.1) is 6.92 Å². The lowest BCUT2D eigenvalue weighted by atomic mass is 10.0. The predicted octanol–water partition coefficient (Wildman–Crippen LogP) is 3.09. The largest absolute Gasteiger partial charge is 0.497 e. The second-order valence-corrected chi connectivity index (χ2v) is 5.31. The van der Waals surface area contributed by atoms with E-state index in [0.717, 1.165) is 30.5 Å². The first-order chi connectivity index (χ1) is 9.24. The molecular weight excluding hydrogens is 238 g/mol. The highest BCUT2D eigenvalue weighted by atomic mass is 16.5. The van der Waals surface area contributed by atoms with Crippen molar-refractivity contribution in [2.24, 2.45) is 0 Å². The maximum atomic E-state index is 5.48. The zero-order valence-corrected chi connectivity index (χ0v) is 12.3. The summed E-state index contributed by atoms with van der Waals surface area (Å²) < 4.78 is 10.8. The Morgan fingerprint density at radius 2 is 1.89 bits per heavy atom. The molecule has 2 rings (SSSR count). The van der Waals surface area contributed by atoms with Gasteiger partial charge in [-0.2, -0.15) is 0 Å². The molecule has 1 saturated carbocycles. The molecule has 1 aliphatic rings. The topological polar surface area (TPSA) is 30.5 Å². The van der Waals surface area contributed by atoms with E-state index in [2.05, 4.69) is 18.3 Å². The van der Waals surface area contributed by atoms with Crippen molar-refractivity contribution in [1.82, 2.24) is 5.32 Å². The molecule has 3 heteroatoms. The van der Waals surface area contributed by atoms with Gasteiger partial charge < -0.3 is 14.8 Å². The van der Waals surface area contributed by atoms with Crippen LogP contribution in [0.3, 0.4) is 0 Å². The van der Waals surface area contributed by atoms with Crippen molar-refractivity contribution >= 4 is 0 Å². The molecule has 19 heavy (non-hydrogen) atoms. The SMILES string of the molecule is COc1cc(C)c(CCNC2CCCC2)c(OC)c1. The van der Waals surface area contributed by atoms with Gasteiger partial charge in [-0.05, 0) is 49.9 Å². The highest BCUT2D eigenvalue weighted by Crippen LogP contribution is 2.28. The second-order valence-electron chi connectivity index (χ2n) is 5.31. The van der Waals surface area contributed by atoms with Crippen molar-refractivity contribution in [3.8, 4) is 11.5 Å². The molecule has 1 aromatic rings. The molecule has 0 atom stereocenters. The van der Waals surface area contributed by atoms with Crippen LogP contribution in [0.5, 0.6) is 11.5 Å². The monoisotopic (exact) mass is 263 g/mol. The first-order valence-electron chi connectivity index (χ1n) is 7.19. The van der Waals surface area contributed by atoms with Crippen LogP contribution in [0.15, 0.2) is 12.1 Å². The number of nitrogens with one attached hydrogen (secondary N) is 1. The molecule has 1 N–H and O–H groups in total. The molecule has 0 aliphatic heterocycles. The summed E-state index contributed by atoms with van der Waals surface area (Å²) in [7, 11) is 3.41. The van der Waals surface area contributed by atoms with Gasteiger partial charge in [-0.3, -0.25) is 0 Å². The average molecular weight is 263 g/mol. The minimum atomic E-state index is 0.726. The second kappa shape index (κ2) is 6.80. The Morgan fingerprint density at radius 3 is 2.53 bits per heavy atom. The Morgan fingerprint density at radius 1 is 1.16 bits per heavy atom. The molecule has 0 spiro atoms. The zero-order chi connectivity index (χ0) is 13.7. The summed E-state index contributed by atoms with van der Waals surface area (Å²) in [5.74, 6) is 1.80. The summed E-state index contributed by atoms with van der Waals surface area (Å²) in [5, 5.41) is 3.65. The van der Waals surface area contributed by atoms with Crippen LogP contribution >= 0.6 is 0 Å². The molecule has 1 aromatic carbocycles. The van der Waals surface area contributed by atoms with Gasteiger partial charge in [0.15, 0.2) is 0 Å². The summed E-state index contributed by atoms with van der Waals surface area (Å²) in [6, 6.07) is 4.77. The van der Waals surface area contributed by atoms with E-state index in [1.165, 1.54) is 36.8 Å². The molecule has 0 heterocycles. The Bertz CT molecular complexity index is 411. The standard InChI is InChI=1S/C16H25NO2/c1-12-10-14(18-2)11-16(19-3)15(12)8-9-17-13-6-4-5-7-13/h10-11,13,17H,4-9H2,1-3H3. The molecular formula is C16H25NO2. The number of hydrogen-bond acceptors (Lipinski definition) is 3. The van der Waals surface area contributed by atoms with Crippen molar-refractivity contribution in [3.05, 3.63) is 23.3 Å². The average Bonchev–Trinajstić information content (AvgIpc) is 2.93. The van der Waals surface area contributed by atoms with Gasteiger partial charge in [-0.15, -0.1) is 0 Å². The quantitative estimate of drug-likeness (QED) is 0.855. The molecule has 0 amide bonds. The van der Waals surface area contributed by atoms with Crippen LogP contribution in [-0.2, 0) is 6.42 Å². The molecule has 0 saturated heterocycles. The molecule has 3 nitrogen and oxygen atoms in total. The van der Waals surface area contributed by atoms with Crippen LogP contribution in [0.1, 0.15) is 36.8 Å². The van der Waals surface area contributed by atoms with Crippen molar-refractivity contribution in [2.75, 3.05) is 20.8 Å². The van der Waals surface area contributed by atoms with E-state index in [-0.39, 0.29) is 0 Å². The smallest absolute Gasteiger partial charge is 0.126 e. The van der Waals surface area contributed by atoms with Gasteiger partial charge in [0.2, 0.25) is 0 Å². The number of rotatable bonds is 6. The van der Waals surface area contributed by atoms with E-state index in [1.807, 2.05) is 6.07 Å². The first-order valence-corrected chi connectivity index (χ1v) is 7.19. The Balaban J connectivity index is 1.98. The minimum absolute atomic E-state index is 0.726. The third kappa shape index (κ3) is 3.63. The van der Waals surface area contributed by atoms with Gasteiger partial charge in [0.05, 0.1) is 14.2 Å². The van der Waals surface area contributed by atoms with Crippen molar-refractivity contribution in [3.63, 3.8) is 0 Å². The summed E-state index contributed by atoms with van der Waals surface area (Å²) in [6.07, 6.45) is 6.43. The molecule has 0 bridgehead atoms. The highest BCUT2D eigenvalue weighted by Gasteiger charge is 2.15. The lowest BCUT2D eigenvalue weighted by Gasteiger charge is -2.16. The summed E-state index contributed by atoms with van der Waals surface area (Å²) >= 11 is 0. The Hall–Kier alpha value is -1.22.